The smallest absolute Gasteiger partial charge is 0.239 e. The first kappa shape index (κ1) is 14.3. The second kappa shape index (κ2) is 5.88. The average Bonchev–Trinajstić information content (AvgIpc) is 2.97. The first-order valence-electron chi connectivity index (χ1n) is 6.95. The van der Waals surface area contributed by atoms with Crippen molar-refractivity contribution in [3.63, 3.8) is 0 Å². The van der Waals surface area contributed by atoms with Gasteiger partial charge in [-0.3, -0.25) is 9.59 Å². The van der Waals surface area contributed by atoms with E-state index in [1.54, 1.807) is 0 Å². The van der Waals surface area contributed by atoms with E-state index in [1.807, 2.05) is 13.8 Å². The fourth-order valence-electron chi connectivity index (χ4n) is 2.64. The zero-order chi connectivity index (χ0) is 14.0. The third-order valence-corrected chi connectivity index (χ3v) is 3.90. The number of nitrogens with two attached hydrogens (primary N) is 1. The molecule has 2 bridgehead atoms. The first-order chi connectivity index (χ1) is 8.97. The molecule has 6 heteroatoms. The van der Waals surface area contributed by atoms with Crippen molar-refractivity contribution in [3.05, 3.63) is 0 Å². The van der Waals surface area contributed by atoms with Gasteiger partial charge >= 0.3 is 0 Å². The van der Waals surface area contributed by atoms with Crippen LogP contribution in [0.25, 0.3) is 0 Å². The van der Waals surface area contributed by atoms with E-state index in [9.17, 15) is 9.59 Å². The molecule has 3 unspecified atom stereocenters. The van der Waals surface area contributed by atoms with E-state index >= 15 is 0 Å². The van der Waals surface area contributed by atoms with Gasteiger partial charge < -0.3 is 21.1 Å². The SMILES string of the molecule is CC(C)[C@H](N)C(=O)NCC(=O)NC1CC2CCC1O2. The van der Waals surface area contributed by atoms with Crippen molar-refractivity contribution < 1.29 is 14.3 Å². The molecule has 4 atom stereocenters. The topological polar surface area (TPSA) is 93.5 Å². The van der Waals surface area contributed by atoms with Crippen LogP contribution in [0.2, 0.25) is 0 Å². The number of hydrogen-bond acceptors (Lipinski definition) is 4. The molecule has 0 spiro atoms. The largest absolute Gasteiger partial charge is 0.373 e. The van der Waals surface area contributed by atoms with Crippen LogP contribution < -0.4 is 16.4 Å². The van der Waals surface area contributed by atoms with Gasteiger partial charge in [0.2, 0.25) is 11.8 Å². The molecule has 2 heterocycles. The summed E-state index contributed by atoms with van der Waals surface area (Å²) in [5.41, 5.74) is 5.70. The van der Waals surface area contributed by atoms with Crippen LogP contribution in [-0.4, -0.2) is 42.7 Å². The predicted molar refractivity (Wildman–Crippen MR) is 70.3 cm³/mol. The van der Waals surface area contributed by atoms with E-state index in [0.29, 0.717) is 6.10 Å². The molecule has 2 fully saturated rings. The quantitative estimate of drug-likeness (QED) is 0.628. The van der Waals surface area contributed by atoms with Gasteiger partial charge in [0.1, 0.15) is 0 Å². The summed E-state index contributed by atoms with van der Waals surface area (Å²) in [6.45, 7) is 3.72. The predicted octanol–water partition coefficient (Wildman–Crippen LogP) is -0.478. The highest BCUT2D eigenvalue weighted by atomic mass is 16.5. The zero-order valence-electron chi connectivity index (χ0n) is 11.5. The second-order valence-electron chi connectivity index (χ2n) is 5.77. The summed E-state index contributed by atoms with van der Waals surface area (Å²) in [7, 11) is 0. The maximum atomic E-state index is 11.8. The van der Waals surface area contributed by atoms with Gasteiger partial charge in [-0.05, 0) is 25.2 Å². The summed E-state index contributed by atoms with van der Waals surface area (Å²) >= 11 is 0. The molecule has 0 radical (unpaired) electrons. The Morgan fingerprint density at radius 2 is 2.11 bits per heavy atom. The van der Waals surface area contributed by atoms with Gasteiger partial charge in [-0.2, -0.15) is 0 Å². The Balaban J connectivity index is 1.69. The molecule has 2 aliphatic rings. The van der Waals surface area contributed by atoms with Crippen LogP contribution in [0.3, 0.4) is 0 Å². The van der Waals surface area contributed by atoms with Crippen molar-refractivity contribution in [2.45, 2.75) is 57.4 Å². The number of hydrogen-bond donors (Lipinski definition) is 3. The normalized spacial score (nSPS) is 30.4. The van der Waals surface area contributed by atoms with E-state index in [4.69, 9.17) is 10.5 Å². The lowest BCUT2D eigenvalue weighted by Crippen LogP contribution is -2.49. The molecule has 0 aromatic heterocycles. The summed E-state index contributed by atoms with van der Waals surface area (Å²) in [4.78, 5) is 23.4. The average molecular weight is 269 g/mol. The van der Waals surface area contributed by atoms with E-state index in [-0.39, 0.29) is 36.4 Å². The van der Waals surface area contributed by atoms with Crippen molar-refractivity contribution in [1.29, 1.82) is 0 Å². The number of nitrogens with one attached hydrogen (secondary N) is 2. The van der Waals surface area contributed by atoms with E-state index in [0.717, 1.165) is 19.3 Å². The Morgan fingerprint density at radius 1 is 1.37 bits per heavy atom. The number of carbonyl (C=O) groups is 2. The van der Waals surface area contributed by atoms with Crippen molar-refractivity contribution >= 4 is 11.8 Å². The Labute approximate surface area is 113 Å². The number of amides is 2. The minimum absolute atomic E-state index is 0.0207. The van der Waals surface area contributed by atoms with Gasteiger partial charge in [0, 0.05) is 0 Å². The number of rotatable bonds is 5. The molecule has 0 aliphatic carbocycles. The molecule has 0 aromatic carbocycles. The molecule has 6 nitrogen and oxygen atoms in total. The van der Waals surface area contributed by atoms with Crippen molar-refractivity contribution in [2.75, 3.05) is 6.54 Å². The zero-order valence-corrected chi connectivity index (χ0v) is 11.5. The molecule has 2 rings (SSSR count). The first-order valence-corrected chi connectivity index (χ1v) is 6.95. The van der Waals surface area contributed by atoms with Crippen LogP contribution in [0.5, 0.6) is 0 Å². The second-order valence-corrected chi connectivity index (χ2v) is 5.77. The van der Waals surface area contributed by atoms with Gasteiger partial charge in [-0.1, -0.05) is 13.8 Å². The Bertz CT molecular complexity index is 359. The lowest BCUT2D eigenvalue weighted by molar-refractivity contribution is -0.127. The van der Waals surface area contributed by atoms with Crippen LogP contribution >= 0.6 is 0 Å². The van der Waals surface area contributed by atoms with Crippen LogP contribution in [0.15, 0.2) is 0 Å². The minimum atomic E-state index is -0.571. The van der Waals surface area contributed by atoms with Crippen LogP contribution in [0, 0.1) is 5.92 Å². The summed E-state index contributed by atoms with van der Waals surface area (Å²) in [5.74, 6) is -0.401. The standard InChI is InChI=1S/C13H23N3O3/c1-7(2)12(14)13(18)15-6-11(17)16-9-5-8-3-4-10(9)19-8/h7-10,12H,3-6,14H2,1-2H3,(H,15,18)(H,16,17)/t8?,9?,10?,12-/m0/s1. The Kier molecular flexibility index (Phi) is 4.42. The van der Waals surface area contributed by atoms with Crippen molar-refractivity contribution in [1.82, 2.24) is 10.6 Å². The third-order valence-electron chi connectivity index (χ3n) is 3.90. The lowest BCUT2D eigenvalue weighted by atomic mass is 9.95. The summed E-state index contributed by atoms with van der Waals surface area (Å²) < 4.78 is 5.66. The molecular formula is C13H23N3O3. The van der Waals surface area contributed by atoms with Gasteiger partial charge in [0.15, 0.2) is 0 Å². The summed E-state index contributed by atoms with van der Waals surface area (Å²) in [6, 6.07) is -0.472. The third kappa shape index (κ3) is 3.45. The summed E-state index contributed by atoms with van der Waals surface area (Å²) in [6.07, 6.45) is 3.45. The molecular weight excluding hydrogens is 246 g/mol. The van der Waals surface area contributed by atoms with Crippen molar-refractivity contribution in [2.24, 2.45) is 11.7 Å². The van der Waals surface area contributed by atoms with E-state index in [1.165, 1.54) is 0 Å². The molecule has 2 aliphatic heterocycles. The van der Waals surface area contributed by atoms with E-state index < -0.39 is 6.04 Å². The highest BCUT2D eigenvalue weighted by molar-refractivity contribution is 5.87. The number of carbonyl (C=O) groups excluding carboxylic acids is 2. The lowest BCUT2D eigenvalue weighted by Gasteiger charge is -2.20. The molecule has 2 amide bonds. The number of fused-ring (bicyclic) bond motifs is 2. The monoisotopic (exact) mass is 269 g/mol. The molecule has 2 saturated heterocycles. The molecule has 0 saturated carbocycles. The molecule has 19 heavy (non-hydrogen) atoms. The maximum absolute atomic E-state index is 11.8. The van der Waals surface area contributed by atoms with E-state index in [2.05, 4.69) is 10.6 Å². The molecule has 4 N–H and O–H groups in total. The Morgan fingerprint density at radius 3 is 2.63 bits per heavy atom. The molecule has 0 aromatic rings. The number of ether oxygens (including phenoxy) is 1. The highest BCUT2D eigenvalue weighted by Crippen LogP contribution is 2.34. The fraction of sp³-hybridized carbons (Fsp3) is 0.846. The minimum Gasteiger partial charge on any atom is -0.373 e. The molecule has 108 valence electrons. The van der Waals surface area contributed by atoms with Gasteiger partial charge in [0.05, 0.1) is 30.8 Å². The van der Waals surface area contributed by atoms with Crippen LogP contribution in [0.1, 0.15) is 33.1 Å². The highest BCUT2D eigenvalue weighted by Gasteiger charge is 2.41. The fourth-order valence-corrected chi connectivity index (χ4v) is 2.64. The Hall–Kier alpha value is -1.14. The van der Waals surface area contributed by atoms with Gasteiger partial charge in [-0.25, -0.2) is 0 Å². The van der Waals surface area contributed by atoms with Crippen LogP contribution in [-0.2, 0) is 14.3 Å². The summed E-state index contributed by atoms with van der Waals surface area (Å²) in [5, 5.41) is 5.48. The van der Waals surface area contributed by atoms with Crippen LogP contribution in [0.4, 0.5) is 0 Å². The maximum Gasteiger partial charge on any atom is 0.239 e. The van der Waals surface area contributed by atoms with Gasteiger partial charge in [0.25, 0.3) is 0 Å². The van der Waals surface area contributed by atoms with Crippen molar-refractivity contribution in [3.8, 4) is 0 Å². The van der Waals surface area contributed by atoms with Gasteiger partial charge in [-0.15, -0.1) is 0 Å².